The number of rotatable bonds is 7. The zero-order chi connectivity index (χ0) is 23.1. The van der Waals surface area contributed by atoms with Crippen molar-refractivity contribution in [1.82, 2.24) is 5.32 Å². The van der Waals surface area contributed by atoms with E-state index in [-0.39, 0.29) is 17.0 Å². The molecule has 0 aliphatic rings. The van der Waals surface area contributed by atoms with Gasteiger partial charge in [0.05, 0.1) is 17.2 Å². The summed E-state index contributed by atoms with van der Waals surface area (Å²) in [7, 11) is 0. The van der Waals surface area contributed by atoms with Gasteiger partial charge >= 0.3 is 11.9 Å². The summed E-state index contributed by atoms with van der Waals surface area (Å²) in [5.74, 6) is -1.04. The molecule has 0 aromatic heterocycles. The van der Waals surface area contributed by atoms with Gasteiger partial charge in [-0.25, -0.2) is 9.59 Å². The first-order chi connectivity index (χ1) is 15.2. The minimum absolute atomic E-state index is 0.0513. The van der Waals surface area contributed by atoms with Crippen LogP contribution in [0.25, 0.3) is 0 Å². The van der Waals surface area contributed by atoms with Gasteiger partial charge in [0.25, 0.3) is 0 Å². The third-order valence-corrected chi connectivity index (χ3v) is 4.60. The highest BCUT2D eigenvalue weighted by atomic mass is 16.6. The summed E-state index contributed by atoms with van der Waals surface area (Å²) >= 11 is 0. The molecule has 0 radical (unpaired) electrons. The molecule has 3 aromatic rings. The molecule has 0 fully saturated rings. The summed E-state index contributed by atoms with van der Waals surface area (Å²) < 4.78 is 11.1. The van der Waals surface area contributed by atoms with Crippen LogP contribution in [0.5, 0.6) is 11.5 Å². The van der Waals surface area contributed by atoms with E-state index in [4.69, 9.17) is 9.47 Å². The first-order valence-electron chi connectivity index (χ1n) is 10.3. The number of β-amino-alcohol motifs (C(OH)–C–C–N with tert-alkyl or cyclic N) is 1. The Hall–Kier alpha value is -3.48. The molecule has 0 aliphatic heterocycles. The Labute approximate surface area is 187 Å². The van der Waals surface area contributed by atoms with Gasteiger partial charge in [-0.1, -0.05) is 42.5 Å². The number of esters is 2. The monoisotopic (exact) mass is 433 g/mol. The molecule has 0 saturated heterocycles. The van der Waals surface area contributed by atoms with Crippen molar-refractivity contribution in [1.29, 1.82) is 0 Å². The van der Waals surface area contributed by atoms with Gasteiger partial charge in [-0.05, 0) is 62.7 Å². The maximum absolute atomic E-state index is 12.6. The van der Waals surface area contributed by atoms with Crippen molar-refractivity contribution in [3.8, 4) is 11.5 Å². The molecular formula is C26H27NO5. The van der Waals surface area contributed by atoms with Gasteiger partial charge < -0.3 is 19.9 Å². The fraction of sp³-hybridized carbons (Fsp3) is 0.231. The Morgan fingerprint density at radius 1 is 0.812 bits per heavy atom. The maximum Gasteiger partial charge on any atom is 0.343 e. The zero-order valence-electron chi connectivity index (χ0n) is 18.4. The molecule has 32 heavy (non-hydrogen) atoms. The molecular weight excluding hydrogens is 406 g/mol. The summed E-state index contributed by atoms with van der Waals surface area (Å²) in [5, 5.41) is 13.8. The van der Waals surface area contributed by atoms with Crippen LogP contribution in [-0.2, 0) is 0 Å². The number of carbonyl (C=O) groups excluding carboxylic acids is 2. The smallest absolute Gasteiger partial charge is 0.343 e. The van der Waals surface area contributed by atoms with Gasteiger partial charge in [-0.2, -0.15) is 0 Å². The number of aliphatic hydroxyl groups is 1. The van der Waals surface area contributed by atoms with E-state index in [1.807, 2.05) is 20.8 Å². The van der Waals surface area contributed by atoms with Crippen molar-refractivity contribution in [2.75, 3.05) is 6.54 Å². The summed E-state index contributed by atoms with van der Waals surface area (Å²) in [5.41, 5.74) is 1.07. The number of ether oxygens (including phenoxy) is 2. The SMILES string of the molecule is CC(C)(C)NCC(O)c1ccc(OC(=O)c2ccccc2)c(OC(=O)c2ccccc2)c1. The van der Waals surface area contributed by atoms with Crippen LogP contribution >= 0.6 is 0 Å². The maximum atomic E-state index is 12.6. The fourth-order valence-corrected chi connectivity index (χ4v) is 2.88. The van der Waals surface area contributed by atoms with Crippen LogP contribution in [0, 0.1) is 0 Å². The summed E-state index contributed by atoms with van der Waals surface area (Å²) in [6, 6.07) is 21.7. The quantitative estimate of drug-likeness (QED) is 0.420. The highest BCUT2D eigenvalue weighted by Crippen LogP contribution is 2.32. The molecule has 0 amide bonds. The van der Waals surface area contributed by atoms with E-state index in [1.165, 1.54) is 12.1 Å². The minimum Gasteiger partial charge on any atom is -0.419 e. The minimum atomic E-state index is -0.845. The topological polar surface area (TPSA) is 84.9 Å². The van der Waals surface area contributed by atoms with Crippen molar-refractivity contribution in [3.63, 3.8) is 0 Å². The number of carbonyl (C=O) groups is 2. The molecule has 6 heteroatoms. The molecule has 3 aromatic carbocycles. The van der Waals surface area contributed by atoms with Crippen molar-refractivity contribution < 1.29 is 24.2 Å². The van der Waals surface area contributed by atoms with Crippen molar-refractivity contribution >= 4 is 11.9 Å². The predicted octanol–water partition coefficient (Wildman–Crippen LogP) is 4.55. The van der Waals surface area contributed by atoms with E-state index >= 15 is 0 Å². The van der Waals surface area contributed by atoms with Crippen LogP contribution in [0.1, 0.15) is 53.2 Å². The molecule has 0 aliphatic carbocycles. The molecule has 2 N–H and O–H groups in total. The second kappa shape index (κ2) is 10.2. The lowest BCUT2D eigenvalue weighted by atomic mass is 10.1. The lowest BCUT2D eigenvalue weighted by Gasteiger charge is -2.23. The highest BCUT2D eigenvalue weighted by Gasteiger charge is 2.20. The molecule has 1 unspecified atom stereocenters. The molecule has 1 atom stereocenters. The van der Waals surface area contributed by atoms with Crippen molar-refractivity contribution in [2.24, 2.45) is 0 Å². The van der Waals surface area contributed by atoms with Crippen LogP contribution in [0.3, 0.4) is 0 Å². The number of nitrogens with one attached hydrogen (secondary N) is 1. The predicted molar refractivity (Wildman–Crippen MR) is 122 cm³/mol. The van der Waals surface area contributed by atoms with Crippen LogP contribution in [-0.4, -0.2) is 29.1 Å². The van der Waals surface area contributed by atoms with E-state index in [1.54, 1.807) is 66.7 Å². The molecule has 0 saturated carbocycles. The van der Waals surface area contributed by atoms with Gasteiger partial charge in [0.15, 0.2) is 11.5 Å². The fourth-order valence-electron chi connectivity index (χ4n) is 2.88. The Morgan fingerprint density at radius 3 is 1.81 bits per heavy atom. The van der Waals surface area contributed by atoms with Gasteiger partial charge in [0, 0.05) is 12.1 Å². The van der Waals surface area contributed by atoms with E-state index in [9.17, 15) is 14.7 Å². The Bertz CT molecular complexity index is 1060. The second-order valence-corrected chi connectivity index (χ2v) is 8.36. The Kier molecular flexibility index (Phi) is 7.41. The molecule has 0 heterocycles. The molecule has 0 spiro atoms. The zero-order valence-corrected chi connectivity index (χ0v) is 18.4. The second-order valence-electron chi connectivity index (χ2n) is 8.36. The third-order valence-electron chi connectivity index (χ3n) is 4.60. The lowest BCUT2D eigenvalue weighted by molar-refractivity contribution is 0.0681. The van der Waals surface area contributed by atoms with Crippen LogP contribution in [0.2, 0.25) is 0 Å². The Balaban J connectivity index is 1.87. The normalized spacial score (nSPS) is 12.1. The van der Waals surface area contributed by atoms with Gasteiger partial charge in [0.1, 0.15) is 0 Å². The summed E-state index contributed by atoms with van der Waals surface area (Å²) in [4.78, 5) is 25.2. The first-order valence-corrected chi connectivity index (χ1v) is 10.3. The van der Waals surface area contributed by atoms with Crippen molar-refractivity contribution in [2.45, 2.75) is 32.4 Å². The third kappa shape index (κ3) is 6.51. The lowest BCUT2D eigenvalue weighted by Crippen LogP contribution is -2.38. The molecule has 166 valence electrons. The molecule has 0 bridgehead atoms. The summed E-state index contributed by atoms with van der Waals surface area (Å²) in [6.07, 6.45) is -0.845. The number of hydrogen-bond donors (Lipinski definition) is 2. The van der Waals surface area contributed by atoms with Crippen LogP contribution in [0.4, 0.5) is 0 Å². The highest BCUT2D eigenvalue weighted by molar-refractivity contribution is 5.93. The van der Waals surface area contributed by atoms with Crippen LogP contribution in [0.15, 0.2) is 78.9 Å². The summed E-state index contributed by atoms with van der Waals surface area (Å²) in [6.45, 7) is 6.30. The number of benzene rings is 3. The van der Waals surface area contributed by atoms with Crippen molar-refractivity contribution in [3.05, 3.63) is 95.6 Å². The number of aliphatic hydroxyl groups excluding tert-OH is 1. The van der Waals surface area contributed by atoms with E-state index in [0.29, 0.717) is 23.2 Å². The largest absolute Gasteiger partial charge is 0.419 e. The first kappa shape index (κ1) is 23.2. The molecule has 6 nitrogen and oxygen atoms in total. The molecule has 3 rings (SSSR count). The van der Waals surface area contributed by atoms with E-state index < -0.39 is 18.0 Å². The average Bonchev–Trinajstić information content (AvgIpc) is 2.79. The number of hydrogen-bond acceptors (Lipinski definition) is 6. The van der Waals surface area contributed by atoms with Crippen LogP contribution < -0.4 is 14.8 Å². The Morgan fingerprint density at radius 2 is 1.31 bits per heavy atom. The van der Waals surface area contributed by atoms with Gasteiger partial charge in [0.2, 0.25) is 0 Å². The van der Waals surface area contributed by atoms with Gasteiger partial charge in [-0.3, -0.25) is 0 Å². The van der Waals surface area contributed by atoms with Gasteiger partial charge in [-0.15, -0.1) is 0 Å². The standard InChI is InChI=1S/C26H27NO5/c1-26(2,3)27-17-21(28)20-14-15-22(31-24(29)18-10-6-4-7-11-18)23(16-20)32-25(30)19-12-8-5-9-13-19/h4-16,21,27-28H,17H2,1-3H3. The van der Waals surface area contributed by atoms with E-state index in [2.05, 4.69) is 5.32 Å². The average molecular weight is 434 g/mol. The van der Waals surface area contributed by atoms with E-state index in [0.717, 1.165) is 0 Å².